The van der Waals surface area contributed by atoms with Crippen molar-refractivity contribution in [1.82, 2.24) is 0 Å². The first kappa shape index (κ1) is 15.7. The average Bonchev–Trinajstić information content (AvgIpc) is 2.49. The van der Waals surface area contributed by atoms with Crippen LogP contribution in [0.5, 0.6) is 5.75 Å². The van der Waals surface area contributed by atoms with E-state index < -0.39 is 21.6 Å². The van der Waals surface area contributed by atoms with Crippen molar-refractivity contribution in [3.05, 3.63) is 62.7 Å². The molecule has 2 amide bonds. The molecule has 0 fully saturated rings. The summed E-state index contributed by atoms with van der Waals surface area (Å²) in [4.78, 5) is 32.5. The molecule has 0 aliphatic carbocycles. The Labute approximate surface area is 128 Å². The van der Waals surface area contributed by atoms with Gasteiger partial charge in [-0.25, -0.2) is 4.79 Å². The van der Waals surface area contributed by atoms with Crippen molar-refractivity contribution in [2.75, 3.05) is 4.90 Å². The second kappa shape index (κ2) is 5.97. The highest BCUT2D eigenvalue weighted by molar-refractivity contribution is 6.00. The van der Waals surface area contributed by atoms with E-state index in [-0.39, 0.29) is 22.7 Å². The lowest BCUT2D eigenvalue weighted by Gasteiger charge is -2.21. The molecule has 2 aromatic carbocycles. The Morgan fingerprint density at radius 3 is 1.96 bits per heavy atom. The number of rotatable bonds is 4. The van der Waals surface area contributed by atoms with Gasteiger partial charge < -0.3 is 10.8 Å². The summed E-state index contributed by atoms with van der Waals surface area (Å²) in [6, 6.07) is 7.00. The molecule has 0 heterocycles. The number of nitro groups is 2. The highest BCUT2D eigenvalue weighted by atomic mass is 16.6. The molecule has 0 radical (unpaired) electrons. The minimum Gasteiger partial charge on any atom is -0.505 e. The Kier molecular flexibility index (Phi) is 4.07. The lowest BCUT2D eigenvalue weighted by molar-refractivity contribution is -0.385. The Morgan fingerprint density at radius 1 is 1.00 bits per heavy atom. The molecule has 0 saturated heterocycles. The fraction of sp³-hybridized carbons (Fsp3) is 0. The molecule has 0 spiro atoms. The van der Waals surface area contributed by atoms with Crippen LogP contribution in [0.25, 0.3) is 0 Å². The van der Waals surface area contributed by atoms with Gasteiger partial charge in [-0.15, -0.1) is 0 Å². The molecular weight excluding hydrogens is 308 g/mol. The number of primary amides is 1. The van der Waals surface area contributed by atoms with Crippen LogP contribution in [0.1, 0.15) is 0 Å². The smallest absolute Gasteiger partial charge is 0.324 e. The van der Waals surface area contributed by atoms with Gasteiger partial charge in [-0.3, -0.25) is 25.1 Å². The highest BCUT2D eigenvalue weighted by Crippen LogP contribution is 2.35. The zero-order valence-corrected chi connectivity index (χ0v) is 11.4. The van der Waals surface area contributed by atoms with E-state index in [9.17, 15) is 30.1 Å². The molecule has 2 rings (SSSR count). The molecule has 10 nitrogen and oxygen atoms in total. The van der Waals surface area contributed by atoms with E-state index in [4.69, 9.17) is 5.73 Å². The molecule has 0 aromatic heterocycles. The van der Waals surface area contributed by atoms with Gasteiger partial charge in [0.2, 0.25) is 0 Å². The number of hydrogen-bond donors (Lipinski definition) is 2. The number of aromatic hydroxyl groups is 1. The van der Waals surface area contributed by atoms with E-state index in [0.717, 1.165) is 35.2 Å². The van der Waals surface area contributed by atoms with Gasteiger partial charge in [0.15, 0.2) is 0 Å². The standard InChI is InChI=1S/C13H10N4O6/c14-13(19)15(8-1-3-9(4-2-8)16(20)21)11-6-5-10(17(22)23)7-12(11)18/h1-7,18H,(H2,14,19). The second-order valence-electron chi connectivity index (χ2n) is 4.38. The first-order chi connectivity index (χ1) is 10.8. The molecular formula is C13H10N4O6. The van der Waals surface area contributed by atoms with E-state index in [2.05, 4.69) is 0 Å². The largest absolute Gasteiger partial charge is 0.505 e. The summed E-state index contributed by atoms with van der Waals surface area (Å²) in [5.74, 6) is -0.531. The Hall–Kier alpha value is -3.69. The van der Waals surface area contributed by atoms with E-state index >= 15 is 0 Å². The number of non-ortho nitro benzene ring substituents is 2. The van der Waals surface area contributed by atoms with Crippen LogP contribution >= 0.6 is 0 Å². The summed E-state index contributed by atoms with van der Waals surface area (Å²) >= 11 is 0. The van der Waals surface area contributed by atoms with Gasteiger partial charge in [0.05, 0.1) is 27.3 Å². The summed E-state index contributed by atoms with van der Waals surface area (Å²) in [6.07, 6.45) is 0. The maximum absolute atomic E-state index is 11.7. The van der Waals surface area contributed by atoms with Crippen molar-refractivity contribution in [1.29, 1.82) is 0 Å². The van der Waals surface area contributed by atoms with Crippen molar-refractivity contribution < 1.29 is 19.7 Å². The van der Waals surface area contributed by atoms with Gasteiger partial charge in [0, 0.05) is 18.2 Å². The van der Waals surface area contributed by atoms with Crippen LogP contribution in [0.2, 0.25) is 0 Å². The molecule has 3 N–H and O–H groups in total. The lowest BCUT2D eigenvalue weighted by atomic mass is 10.2. The quantitative estimate of drug-likeness (QED) is 0.652. The van der Waals surface area contributed by atoms with Crippen LogP contribution in [0.15, 0.2) is 42.5 Å². The van der Waals surface area contributed by atoms with Gasteiger partial charge in [-0.05, 0) is 18.2 Å². The summed E-state index contributed by atoms with van der Waals surface area (Å²) < 4.78 is 0. The fourth-order valence-electron chi connectivity index (χ4n) is 1.92. The number of nitrogens with two attached hydrogens (primary N) is 1. The van der Waals surface area contributed by atoms with E-state index in [1.54, 1.807) is 0 Å². The van der Waals surface area contributed by atoms with Crippen LogP contribution < -0.4 is 10.6 Å². The molecule has 0 aliphatic heterocycles. The van der Waals surface area contributed by atoms with Crippen LogP contribution in [-0.2, 0) is 0 Å². The molecule has 0 bridgehead atoms. The van der Waals surface area contributed by atoms with Gasteiger partial charge in [0.25, 0.3) is 11.4 Å². The highest BCUT2D eigenvalue weighted by Gasteiger charge is 2.21. The maximum atomic E-state index is 11.7. The third-order valence-electron chi connectivity index (χ3n) is 2.95. The Balaban J connectivity index is 2.48. The lowest BCUT2D eigenvalue weighted by Crippen LogP contribution is -2.31. The van der Waals surface area contributed by atoms with Crippen molar-refractivity contribution in [2.24, 2.45) is 5.73 Å². The van der Waals surface area contributed by atoms with Crippen molar-refractivity contribution in [3.63, 3.8) is 0 Å². The number of anilines is 2. The second-order valence-corrected chi connectivity index (χ2v) is 4.38. The maximum Gasteiger partial charge on any atom is 0.324 e. The summed E-state index contributed by atoms with van der Waals surface area (Å²) in [7, 11) is 0. The number of phenolic OH excluding ortho intramolecular Hbond substituents is 1. The molecule has 118 valence electrons. The summed E-state index contributed by atoms with van der Waals surface area (Å²) in [6.45, 7) is 0. The molecule has 0 unspecified atom stereocenters. The third kappa shape index (κ3) is 3.15. The van der Waals surface area contributed by atoms with Crippen LogP contribution in [-0.4, -0.2) is 21.0 Å². The first-order valence-corrected chi connectivity index (χ1v) is 6.12. The molecule has 10 heteroatoms. The average molecular weight is 318 g/mol. The summed E-state index contributed by atoms with van der Waals surface area (Å²) in [5.41, 5.74) is 4.80. The minimum atomic E-state index is -0.969. The van der Waals surface area contributed by atoms with Crippen LogP contribution in [0.4, 0.5) is 27.5 Å². The Morgan fingerprint density at radius 2 is 1.52 bits per heavy atom. The van der Waals surface area contributed by atoms with Crippen molar-refractivity contribution in [3.8, 4) is 5.75 Å². The number of benzene rings is 2. The van der Waals surface area contributed by atoms with E-state index in [1.165, 1.54) is 12.1 Å². The van der Waals surface area contributed by atoms with Gasteiger partial charge in [0.1, 0.15) is 5.75 Å². The van der Waals surface area contributed by atoms with E-state index in [1.807, 2.05) is 0 Å². The SMILES string of the molecule is NC(=O)N(c1ccc([N+](=O)[O-])cc1)c1ccc([N+](=O)[O-])cc1O. The summed E-state index contributed by atoms with van der Waals surface area (Å²) in [5, 5.41) is 31.2. The fourth-order valence-corrected chi connectivity index (χ4v) is 1.92. The number of amides is 2. The van der Waals surface area contributed by atoms with Gasteiger partial charge in [-0.2, -0.15) is 0 Å². The van der Waals surface area contributed by atoms with E-state index in [0.29, 0.717) is 0 Å². The normalized spacial score (nSPS) is 10.1. The van der Waals surface area contributed by atoms with Crippen molar-refractivity contribution >= 4 is 28.8 Å². The third-order valence-corrected chi connectivity index (χ3v) is 2.95. The first-order valence-electron chi connectivity index (χ1n) is 6.12. The number of hydrogen-bond acceptors (Lipinski definition) is 6. The number of phenols is 1. The predicted molar refractivity (Wildman–Crippen MR) is 79.6 cm³/mol. The van der Waals surface area contributed by atoms with Gasteiger partial charge in [-0.1, -0.05) is 0 Å². The molecule has 0 atom stereocenters. The number of nitrogens with zero attached hydrogens (tertiary/aromatic N) is 3. The molecule has 0 saturated carbocycles. The number of carbonyl (C=O) groups is 1. The Bertz CT molecular complexity index is 790. The minimum absolute atomic E-state index is 0.0862. The monoisotopic (exact) mass is 318 g/mol. The number of urea groups is 1. The number of nitro benzene ring substituents is 2. The number of carbonyl (C=O) groups excluding carboxylic acids is 1. The molecule has 23 heavy (non-hydrogen) atoms. The predicted octanol–water partition coefficient (Wildman–Crippen LogP) is 2.43. The van der Waals surface area contributed by atoms with Crippen LogP contribution in [0.3, 0.4) is 0 Å². The molecule has 2 aromatic rings. The van der Waals surface area contributed by atoms with Crippen LogP contribution in [0, 0.1) is 20.2 Å². The topological polar surface area (TPSA) is 153 Å². The van der Waals surface area contributed by atoms with Crippen molar-refractivity contribution in [2.45, 2.75) is 0 Å². The van der Waals surface area contributed by atoms with Gasteiger partial charge >= 0.3 is 6.03 Å². The molecule has 0 aliphatic rings. The zero-order valence-electron chi connectivity index (χ0n) is 11.4. The zero-order chi connectivity index (χ0) is 17.1.